The molecule has 0 atom stereocenters. The number of carbonyl (C=O) groups excluding carboxylic acids is 2. The maximum Gasteiger partial charge on any atom is 0.227 e. The summed E-state index contributed by atoms with van der Waals surface area (Å²) in [5.74, 6) is 2.22. The normalized spacial score (nSPS) is 12.3. The van der Waals surface area contributed by atoms with E-state index in [0.717, 1.165) is 5.69 Å². The Kier molecular flexibility index (Phi) is 6.55. The van der Waals surface area contributed by atoms with Crippen molar-refractivity contribution in [1.29, 1.82) is 0 Å². The fraction of sp³-hybridized carbons (Fsp3) is 0.200. The van der Waals surface area contributed by atoms with Crippen LogP contribution in [0.2, 0.25) is 0 Å². The summed E-state index contributed by atoms with van der Waals surface area (Å²) in [4.78, 5) is 26.7. The smallest absolute Gasteiger partial charge is 0.227 e. The van der Waals surface area contributed by atoms with Crippen LogP contribution in [0.5, 0.6) is 23.0 Å². The molecule has 3 aromatic carbocycles. The van der Waals surface area contributed by atoms with Crippen LogP contribution in [-0.2, 0) is 9.59 Å². The zero-order valence-corrected chi connectivity index (χ0v) is 17.7. The Bertz CT molecular complexity index is 1100. The molecular formula is C25H24N2O5. The molecule has 4 rings (SSSR count). The molecule has 0 saturated carbocycles. The van der Waals surface area contributed by atoms with Crippen molar-refractivity contribution in [3.8, 4) is 23.0 Å². The Morgan fingerprint density at radius 1 is 0.938 bits per heavy atom. The molecular weight excluding hydrogens is 408 g/mol. The lowest BCUT2D eigenvalue weighted by Crippen LogP contribution is -2.38. The molecule has 1 heterocycles. The third-order valence-corrected chi connectivity index (χ3v) is 5.03. The van der Waals surface area contributed by atoms with Gasteiger partial charge in [-0.05, 0) is 48.5 Å². The molecule has 0 spiro atoms. The monoisotopic (exact) mass is 432 g/mol. The van der Waals surface area contributed by atoms with Gasteiger partial charge < -0.3 is 24.4 Å². The molecule has 0 fully saturated rings. The number of benzene rings is 3. The minimum absolute atomic E-state index is 0.0951. The van der Waals surface area contributed by atoms with Crippen molar-refractivity contribution in [2.24, 2.45) is 0 Å². The molecule has 0 unspecified atom stereocenters. The van der Waals surface area contributed by atoms with Gasteiger partial charge >= 0.3 is 0 Å². The number of anilines is 2. The summed E-state index contributed by atoms with van der Waals surface area (Å²) in [7, 11) is 1.59. The van der Waals surface area contributed by atoms with E-state index >= 15 is 0 Å². The molecule has 2 amide bonds. The maximum absolute atomic E-state index is 12.7. The number of fused-ring (bicyclic) bond motifs is 1. The number of ether oxygens (including phenoxy) is 3. The minimum atomic E-state index is -0.224. The quantitative estimate of drug-likeness (QED) is 0.589. The van der Waals surface area contributed by atoms with Crippen molar-refractivity contribution in [1.82, 2.24) is 0 Å². The van der Waals surface area contributed by atoms with Crippen LogP contribution in [0.15, 0.2) is 72.8 Å². The van der Waals surface area contributed by atoms with E-state index in [1.54, 1.807) is 36.3 Å². The van der Waals surface area contributed by atoms with Crippen LogP contribution in [0, 0.1) is 0 Å². The number of nitrogens with zero attached hydrogens (tertiary/aromatic N) is 1. The number of carbonyl (C=O) groups is 2. The summed E-state index contributed by atoms with van der Waals surface area (Å²) in [6, 6.07) is 21.8. The molecule has 7 heteroatoms. The molecule has 0 bridgehead atoms. The van der Waals surface area contributed by atoms with E-state index in [-0.39, 0.29) is 24.7 Å². The Hall–Kier alpha value is -4.00. The lowest BCUT2D eigenvalue weighted by molar-refractivity contribution is -0.122. The van der Waals surface area contributed by atoms with Gasteiger partial charge in [-0.25, -0.2) is 0 Å². The van der Waals surface area contributed by atoms with E-state index in [1.165, 1.54) is 0 Å². The Labute approximate surface area is 186 Å². The van der Waals surface area contributed by atoms with Gasteiger partial charge in [0.1, 0.15) is 18.1 Å². The minimum Gasteiger partial charge on any atom is -0.493 e. The zero-order valence-electron chi connectivity index (χ0n) is 17.7. The van der Waals surface area contributed by atoms with Crippen LogP contribution in [0.1, 0.15) is 12.8 Å². The van der Waals surface area contributed by atoms with E-state index in [2.05, 4.69) is 5.32 Å². The lowest BCUT2D eigenvalue weighted by atomic mass is 10.2. The molecule has 1 N–H and O–H groups in total. The van der Waals surface area contributed by atoms with Crippen LogP contribution >= 0.6 is 0 Å². The number of amides is 2. The topological polar surface area (TPSA) is 77.1 Å². The Morgan fingerprint density at radius 3 is 2.44 bits per heavy atom. The number of hydrogen-bond acceptors (Lipinski definition) is 5. The van der Waals surface area contributed by atoms with Crippen molar-refractivity contribution in [3.63, 3.8) is 0 Å². The van der Waals surface area contributed by atoms with Crippen LogP contribution in [0.4, 0.5) is 11.4 Å². The third kappa shape index (κ3) is 5.00. The second-order valence-corrected chi connectivity index (χ2v) is 7.19. The first kappa shape index (κ1) is 21.2. The van der Waals surface area contributed by atoms with Crippen molar-refractivity contribution in [2.45, 2.75) is 12.8 Å². The summed E-state index contributed by atoms with van der Waals surface area (Å²) >= 11 is 0. The molecule has 32 heavy (non-hydrogen) atoms. The molecule has 164 valence electrons. The molecule has 0 aromatic heterocycles. The van der Waals surface area contributed by atoms with E-state index in [1.807, 2.05) is 48.5 Å². The van der Waals surface area contributed by atoms with Crippen molar-refractivity contribution in [2.75, 3.05) is 30.5 Å². The number of methoxy groups -OCH3 is 1. The average molecular weight is 432 g/mol. The highest BCUT2D eigenvalue weighted by atomic mass is 16.5. The van der Waals surface area contributed by atoms with Crippen molar-refractivity contribution < 1.29 is 23.8 Å². The predicted molar refractivity (Wildman–Crippen MR) is 122 cm³/mol. The molecule has 0 radical (unpaired) electrons. The van der Waals surface area contributed by atoms with E-state index in [0.29, 0.717) is 41.8 Å². The second-order valence-electron chi connectivity index (χ2n) is 7.19. The summed E-state index contributed by atoms with van der Waals surface area (Å²) in [5, 5.41) is 2.82. The van der Waals surface area contributed by atoms with E-state index in [4.69, 9.17) is 14.2 Å². The van der Waals surface area contributed by atoms with E-state index in [9.17, 15) is 9.59 Å². The highest BCUT2D eigenvalue weighted by Gasteiger charge is 2.23. The first-order valence-electron chi connectivity index (χ1n) is 10.4. The van der Waals surface area contributed by atoms with Crippen LogP contribution < -0.4 is 24.4 Å². The van der Waals surface area contributed by atoms with Crippen molar-refractivity contribution in [3.05, 3.63) is 72.8 Å². The summed E-state index contributed by atoms with van der Waals surface area (Å²) in [5.41, 5.74) is 1.38. The number of hydrogen-bond donors (Lipinski definition) is 1. The third-order valence-electron chi connectivity index (χ3n) is 5.03. The molecule has 0 saturated heterocycles. The van der Waals surface area contributed by atoms with Gasteiger partial charge in [0, 0.05) is 18.5 Å². The molecule has 3 aromatic rings. The van der Waals surface area contributed by atoms with Gasteiger partial charge in [0.25, 0.3) is 0 Å². The SMILES string of the molecule is COc1ccccc1Oc1ccc(NC(=O)CCC(=O)N2CCOc3ccccc32)cc1. The molecule has 1 aliphatic rings. The van der Waals surface area contributed by atoms with Crippen LogP contribution in [0.25, 0.3) is 0 Å². The van der Waals surface area contributed by atoms with Crippen LogP contribution in [-0.4, -0.2) is 32.1 Å². The number of rotatable bonds is 7. The largest absolute Gasteiger partial charge is 0.493 e. The Morgan fingerprint density at radius 2 is 1.66 bits per heavy atom. The molecule has 0 aliphatic carbocycles. The maximum atomic E-state index is 12.7. The van der Waals surface area contributed by atoms with Crippen molar-refractivity contribution >= 4 is 23.2 Å². The average Bonchev–Trinajstić information content (AvgIpc) is 2.83. The summed E-state index contributed by atoms with van der Waals surface area (Å²) in [6.45, 7) is 0.920. The standard InChI is InChI=1S/C25H24N2O5/c1-30-22-8-4-5-9-23(22)32-19-12-10-18(11-13-19)26-24(28)14-15-25(29)27-16-17-31-21-7-3-2-6-20(21)27/h2-13H,14-17H2,1H3,(H,26,28). The second kappa shape index (κ2) is 9.87. The van der Waals surface area contributed by atoms with Gasteiger partial charge in [-0.15, -0.1) is 0 Å². The highest BCUT2D eigenvalue weighted by molar-refractivity contribution is 5.99. The number of para-hydroxylation sites is 4. The highest BCUT2D eigenvalue weighted by Crippen LogP contribution is 2.32. The van der Waals surface area contributed by atoms with Gasteiger partial charge in [-0.1, -0.05) is 24.3 Å². The van der Waals surface area contributed by atoms with Gasteiger partial charge in [0.2, 0.25) is 11.8 Å². The van der Waals surface area contributed by atoms with Gasteiger partial charge in [-0.3, -0.25) is 9.59 Å². The summed E-state index contributed by atoms with van der Waals surface area (Å²) < 4.78 is 16.7. The summed E-state index contributed by atoms with van der Waals surface area (Å²) in [6.07, 6.45) is 0.215. The van der Waals surface area contributed by atoms with Gasteiger partial charge in [0.05, 0.1) is 19.3 Å². The van der Waals surface area contributed by atoms with Crippen LogP contribution in [0.3, 0.4) is 0 Å². The first-order chi connectivity index (χ1) is 15.6. The fourth-order valence-corrected chi connectivity index (χ4v) is 3.44. The predicted octanol–water partition coefficient (Wildman–Crippen LogP) is 4.63. The Balaban J connectivity index is 1.30. The van der Waals surface area contributed by atoms with Gasteiger partial charge in [0.15, 0.2) is 11.5 Å². The number of nitrogens with one attached hydrogen (secondary N) is 1. The fourth-order valence-electron chi connectivity index (χ4n) is 3.44. The first-order valence-corrected chi connectivity index (χ1v) is 10.4. The molecule has 1 aliphatic heterocycles. The molecule has 7 nitrogen and oxygen atoms in total. The van der Waals surface area contributed by atoms with Gasteiger partial charge in [-0.2, -0.15) is 0 Å². The van der Waals surface area contributed by atoms with E-state index < -0.39 is 0 Å². The lowest BCUT2D eigenvalue weighted by Gasteiger charge is -2.29. The zero-order chi connectivity index (χ0) is 22.3.